The average molecular weight is 270 g/mol. The minimum atomic E-state index is -0.172. The standard InChI is InChI=1S/C14H20ClNO2/c1-9(2)16-13(10(3)17)8-11-5-6-14(18-4)12(15)7-11/h5-7,9,13,16H,8H2,1-4H3. The van der Waals surface area contributed by atoms with E-state index in [1.54, 1.807) is 14.0 Å². The summed E-state index contributed by atoms with van der Waals surface area (Å²) in [6.45, 7) is 5.65. The molecule has 0 bridgehead atoms. The molecule has 0 aliphatic heterocycles. The molecule has 1 aromatic carbocycles. The monoisotopic (exact) mass is 269 g/mol. The van der Waals surface area contributed by atoms with Crippen molar-refractivity contribution in [2.24, 2.45) is 0 Å². The summed E-state index contributed by atoms with van der Waals surface area (Å²) in [5.74, 6) is 0.784. The number of nitrogens with one attached hydrogen (secondary N) is 1. The van der Waals surface area contributed by atoms with E-state index in [2.05, 4.69) is 5.32 Å². The fourth-order valence-electron chi connectivity index (χ4n) is 1.79. The van der Waals surface area contributed by atoms with Crippen LogP contribution in [-0.2, 0) is 11.2 Å². The van der Waals surface area contributed by atoms with Crippen molar-refractivity contribution in [1.29, 1.82) is 0 Å². The highest BCUT2D eigenvalue weighted by molar-refractivity contribution is 6.32. The molecule has 4 heteroatoms. The Balaban J connectivity index is 2.81. The lowest BCUT2D eigenvalue weighted by atomic mass is 10.0. The molecule has 1 aromatic rings. The summed E-state index contributed by atoms with van der Waals surface area (Å²) in [7, 11) is 1.58. The van der Waals surface area contributed by atoms with E-state index in [1.807, 2.05) is 32.0 Å². The normalized spacial score (nSPS) is 12.6. The Bertz CT molecular complexity index is 418. The van der Waals surface area contributed by atoms with Crippen LogP contribution in [0.3, 0.4) is 0 Å². The summed E-state index contributed by atoms with van der Waals surface area (Å²) < 4.78 is 5.10. The molecule has 18 heavy (non-hydrogen) atoms. The summed E-state index contributed by atoms with van der Waals surface area (Å²) in [5, 5.41) is 3.82. The maximum Gasteiger partial charge on any atom is 0.147 e. The molecule has 0 fully saturated rings. The maximum absolute atomic E-state index is 11.6. The Morgan fingerprint density at radius 1 is 1.44 bits per heavy atom. The van der Waals surface area contributed by atoms with E-state index in [0.717, 1.165) is 5.56 Å². The molecule has 100 valence electrons. The number of carbonyl (C=O) groups is 1. The largest absolute Gasteiger partial charge is 0.495 e. The van der Waals surface area contributed by atoms with Gasteiger partial charge in [0.1, 0.15) is 11.5 Å². The fraction of sp³-hybridized carbons (Fsp3) is 0.500. The van der Waals surface area contributed by atoms with Gasteiger partial charge in [0.2, 0.25) is 0 Å². The van der Waals surface area contributed by atoms with Crippen LogP contribution in [0.4, 0.5) is 0 Å². The number of benzene rings is 1. The Hall–Kier alpha value is -1.06. The first-order valence-electron chi connectivity index (χ1n) is 6.03. The van der Waals surface area contributed by atoms with Crippen LogP contribution in [0, 0.1) is 0 Å². The molecule has 0 aliphatic carbocycles. The van der Waals surface area contributed by atoms with Crippen molar-refractivity contribution in [3.8, 4) is 5.75 Å². The summed E-state index contributed by atoms with van der Waals surface area (Å²) in [6.07, 6.45) is 0.636. The highest BCUT2D eigenvalue weighted by Crippen LogP contribution is 2.25. The lowest BCUT2D eigenvalue weighted by molar-refractivity contribution is -0.119. The van der Waals surface area contributed by atoms with Crippen LogP contribution in [0.15, 0.2) is 18.2 Å². The molecule has 1 N–H and O–H groups in total. The molecule has 0 aromatic heterocycles. The highest BCUT2D eigenvalue weighted by atomic mass is 35.5. The van der Waals surface area contributed by atoms with Crippen molar-refractivity contribution < 1.29 is 9.53 Å². The van der Waals surface area contributed by atoms with E-state index in [1.165, 1.54) is 0 Å². The topological polar surface area (TPSA) is 38.3 Å². The maximum atomic E-state index is 11.6. The quantitative estimate of drug-likeness (QED) is 0.863. The van der Waals surface area contributed by atoms with Gasteiger partial charge in [-0.25, -0.2) is 0 Å². The molecule has 0 saturated carbocycles. The van der Waals surface area contributed by atoms with Crippen molar-refractivity contribution in [2.45, 2.75) is 39.3 Å². The molecule has 0 aliphatic rings. The van der Waals surface area contributed by atoms with Gasteiger partial charge in [-0.15, -0.1) is 0 Å². The zero-order valence-electron chi connectivity index (χ0n) is 11.3. The van der Waals surface area contributed by atoms with Crippen molar-refractivity contribution >= 4 is 17.4 Å². The highest BCUT2D eigenvalue weighted by Gasteiger charge is 2.16. The lowest BCUT2D eigenvalue weighted by Crippen LogP contribution is -2.41. The van der Waals surface area contributed by atoms with Gasteiger partial charge >= 0.3 is 0 Å². The van der Waals surface area contributed by atoms with Crippen LogP contribution in [0.1, 0.15) is 26.3 Å². The van der Waals surface area contributed by atoms with Crippen LogP contribution in [0.2, 0.25) is 5.02 Å². The number of hydrogen-bond donors (Lipinski definition) is 1. The second-order valence-electron chi connectivity index (χ2n) is 4.66. The minimum Gasteiger partial charge on any atom is -0.495 e. The van der Waals surface area contributed by atoms with E-state index in [-0.39, 0.29) is 17.9 Å². The summed E-state index contributed by atoms with van der Waals surface area (Å²) in [6, 6.07) is 5.70. The van der Waals surface area contributed by atoms with Gasteiger partial charge < -0.3 is 10.1 Å². The van der Waals surface area contributed by atoms with Crippen molar-refractivity contribution in [1.82, 2.24) is 5.32 Å². The van der Waals surface area contributed by atoms with E-state index in [4.69, 9.17) is 16.3 Å². The average Bonchev–Trinajstić information content (AvgIpc) is 2.27. The first kappa shape index (κ1) is 15.0. The molecule has 0 amide bonds. The Labute approximate surface area is 113 Å². The summed E-state index contributed by atoms with van der Waals surface area (Å²) in [4.78, 5) is 11.6. The van der Waals surface area contributed by atoms with Crippen LogP contribution < -0.4 is 10.1 Å². The zero-order valence-corrected chi connectivity index (χ0v) is 12.0. The fourth-order valence-corrected chi connectivity index (χ4v) is 2.08. The smallest absolute Gasteiger partial charge is 0.147 e. The van der Waals surface area contributed by atoms with Gasteiger partial charge in [-0.2, -0.15) is 0 Å². The number of hydrogen-bond acceptors (Lipinski definition) is 3. The number of halogens is 1. The zero-order chi connectivity index (χ0) is 13.7. The Morgan fingerprint density at radius 3 is 2.56 bits per heavy atom. The Morgan fingerprint density at radius 2 is 2.11 bits per heavy atom. The number of carbonyl (C=O) groups excluding carboxylic acids is 1. The van der Waals surface area contributed by atoms with Gasteiger partial charge in [-0.1, -0.05) is 31.5 Å². The molecule has 1 rings (SSSR count). The van der Waals surface area contributed by atoms with Gasteiger partial charge in [0.25, 0.3) is 0 Å². The van der Waals surface area contributed by atoms with E-state index < -0.39 is 0 Å². The minimum absolute atomic E-state index is 0.135. The second kappa shape index (κ2) is 6.76. The first-order valence-corrected chi connectivity index (χ1v) is 6.40. The van der Waals surface area contributed by atoms with Crippen LogP contribution in [-0.4, -0.2) is 25.0 Å². The number of ether oxygens (including phenoxy) is 1. The van der Waals surface area contributed by atoms with E-state index in [9.17, 15) is 4.79 Å². The third-order valence-electron chi connectivity index (χ3n) is 2.68. The van der Waals surface area contributed by atoms with Gasteiger partial charge in [0.15, 0.2) is 0 Å². The molecule has 0 spiro atoms. The number of methoxy groups -OCH3 is 1. The molecular weight excluding hydrogens is 250 g/mol. The first-order chi connectivity index (χ1) is 8.43. The lowest BCUT2D eigenvalue weighted by Gasteiger charge is -2.19. The van der Waals surface area contributed by atoms with E-state index in [0.29, 0.717) is 17.2 Å². The molecule has 3 nitrogen and oxygen atoms in total. The number of ketones is 1. The van der Waals surface area contributed by atoms with Crippen molar-refractivity contribution in [3.63, 3.8) is 0 Å². The number of rotatable bonds is 6. The van der Waals surface area contributed by atoms with Crippen LogP contribution in [0.25, 0.3) is 0 Å². The van der Waals surface area contributed by atoms with Crippen LogP contribution >= 0.6 is 11.6 Å². The molecule has 0 saturated heterocycles. The van der Waals surface area contributed by atoms with Gasteiger partial charge in [0, 0.05) is 6.04 Å². The van der Waals surface area contributed by atoms with E-state index >= 15 is 0 Å². The molecular formula is C14H20ClNO2. The van der Waals surface area contributed by atoms with Crippen LogP contribution in [0.5, 0.6) is 5.75 Å². The molecule has 0 heterocycles. The predicted molar refractivity (Wildman–Crippen MR) is 74.4 cm³/mol. The SMILES string of the molecule is COc1ccc(CC(NC(C)C)C(C)=O)cc1Cl. The third-order valence-corrected chi connectivity index (χ3v) is 2.98. The second-order valence-corrected chi connectivity index (χ2v) is 5.06. The Kier molecular flexibility index (Phi) is 5.63. The van der Waals surface area contributed by atoms with Crippen molar-refractivity contribution in [3.05, 3.63) is 28.8 Å². The third kappa shape index (κ3) is 4.31. The summed E-state index contributed by atoms with van der Waals surface area (Å²) >= 11 is 6.07. The number of Topliss-reactive ketones (excluding diaryl/α,β-unsaturated/α-hetero) is 1. The van der Waals surface area contributed by atoms with Gasteiger partial charge in [0.05, 0.1) is 18.2 Å². The van der Waals surface area contributed by atoms with Gasteiger partial charge in [-0.3, -0.25) is 4.79 Å². The predicted octanol–water partition coefficient (Wildman–Crippen LogP) is 2.85. The molecule has 1 atom stereocenters. The molecule has 0 radical (unpaired) electrons. The molecule has 1 unspecified atom stereocenters. The summed E-state index contributed by atoms with van der Waals surface area (Å²) in [5.41, 5.74) is 1.02. The van der Waals surface area contributed by atoms with Crippen molar-refractivity contribution in [2.75, 3.05) is 7.11 Å². The van der Waals surface area contributed by atoms with Gasteiger partial charge in [-0.05, 0) is 31.0 Å².